The SMILES string of the molecule is CCNc1nc(Nc2ccc(F)c(Br)c2)c2ccsc2n1. The molecule has 4 nitrogen and oxygen atoms in total. The highest BCUT2D eigenvalue weighted by Gasteiger charge is 2.09. The molecule has 0 fully saturated rings. The van der Waals surface area contributed by atoms with Crippen LogP contribution in [-0.4, -0.2) is 16.5 Å². The van der Waals surface area contributed by atoms with Crippen molar-refractivity contribution in [3.63, 3.8) is 0 Å². The Balaban J connectivity index is 2.01. The van der Waals surface area contributed by atoms with Gasteiger partial charge in [-0.15, -0.1) is 11.3 Å². The molecule has 0 saturated heterocycles. The van der Waals surface area contributed by atoms with E-state index in [2.05, 4.69) is 36.5 Å². The first-order valence-corrected chi connectivity index (χ1v) is 8.06. The largest absolute Gasteiger partial charge is 0.354 e. The molecule has 0 bridgehead atoms. The first-order chi connectivity index (χ1) is 10.2. The van der Waals surface area contributed by atoms with E-state index >= 15 is 0 Å². The summed E-state index contributed by atoms with van der Waals surface area (Å²) in [5, 5.41) is 9.25. The first kappa shape index (κ1) is 14.2. The maximum atomic E-state index is 13.3. The van der Waals surface area contributed by atoms with Crippen LogP contribution in [0.4, 0.5) is 21.8 Å². The fourth-order valence-corrected chi connectivity index (χ4v) is 3.04. The van der Waals surface area contributed by atoms with Crippen molar-refractivity contribution in [2.45, 2.75) is 6.92 Å². The van der Waals surface area contributed by atoms with Gasteiger partial charge in [0, 0.05) is 12.2 Å². The number of hydrogen-bond donors (Lipinski definition) is 2. The quantitative estimate of drug-likeness (QED) is 0.698. The van der Waals surface area contributed by atoms with Crippen molar-refractivity contribution in [3.8, 4) is 0 Å². The van der Waals surface area contributed by atoms with E-state index in [0.717, 1.165) is 22.4 Å². The van der Waals surface area contributed by atoms with Crippen LogP contribution >= 0.6 is 27.3 Å². The van der Waals surface area contributed by atoms with Crippen molar-refractivity contribution in [3.05, 3.63) is 39.9 Å². The van der Waals surface area contributed by atoms with Crippen LogP contribution in [0, 0.1) is 5.82 Å². The third-order valence-corrected chi connectivity index (χ3v) is 4.26. The molecule has 0 radical (unpaired) electrons. The highest BCUT2D eigenvalue weighted by atomic mass is 79.9. The summed E-state index contributed by atoms with van der Waals surface area (Å²) in [7, 11) is 0. The van der Waals surface area contributed by atoms with E-state index in [1.807, 2.05) is 18.4 Å². The molecule has 0 aliphatic carbocycles. The van der Waals surface area contributed by atoms with Crippen molar-refractivity contribution in [1.29, 1.82) is 0 Å². The minimum absolute atomic E-state index is 0.294. The van der Waals surface area contributed by atoms with E-state index in [0.29, 0.717) is 16.2 Å². The molecule has 2 heterocycles. The Morgan fingerprint density at radius 2 is 2.14 bits per heavy atom. The Kier molecular flexibility index (Phi) is 4.03. The van der Waals surface area contributed by atoms with E-state index in [4.69, 9.17) is 0 Å². The Hall–Kier alpha value is -1.73. The summed E-state index contributed by atoms with van der Waals surface area (Å²) in [5.74, 6) is 0.990. The van der Waals surface area contributed by atoms with Crippen molar-refractivity contribution >= 4 is 54.9 Å². The third kappa shape index (κ3) is 2.98. The number of nitrogens with one attached hydrogen (secondary N) is 2. The number of anilines is 3. The minimum Gasteiger partial charge on any atom is -0.354 e. The van der Waals surface area contributed by atoms with E-state index in [9.17, 15) is 4.39 Å². The van der Waals surface area contributed by atoms with E-state index in [1.54, 1.807) is 23.5 Å². The first-order valence-electron chi connectivity index (χ1n) is 6.38. The molecule has 0 amide bonds. The van der Waals surface area contributed by atoms with Gasteiger partial charge in [-0.05, 0) is 52.5 Å². The van der Waals surface area contributed by atoms with E-state index in [1.165, 1.54) is 6.07 Å². The Morgan fingerprint density at radius 3 is 2.90 bits per heavy atom. The van der Waals surface area contributed by atoms with Crippen LogP contribution in [0.25, 0.3) is 10.2 Å². The second-order valence-corrected chi connectivity index (χ2v) is 6.07. The molecule has 0 aliphatic heterocycles. The minimum atomic E-state index is -0.294. The van der Waals surface area contributed by atoms with E-state index in [-0.39, 0.29) is 5.82 Å². The average molecular weight is 367 g/mol. The number of thiophene rings is 1. The second-order valence-electron chi connectivity index (χ2n) is 4.32. The van der Waals surface area contributed by atoms with Crippen LogP contribution in [0.1, 0.15) is 6.92 Å². The summed E-state index contributed by atoms with van der Waals surface area (Å²) in [6.45, 7) is 2.74. The molecule has 108 valence electrons. The second kappa shape index (κ2) is 5.95. The molecule has 1 aromatic carbocycles. The number of rotatable bonds is 4. The number of fused-ring (bicyclic) bond motifs is 1. The molecule has 0 atom stereocenters. The third-order valence-electron chi connectivity index (χ3n) is 2.84. The highest BCUT2D eigenvalue weighted by Crippen LogP contribution is 2.30. The molecule has 3 aromatic rings. The molecule has 0 spiro atoms. The van der Waals surface area contributed by atoms with Gasteiger partial charge in [0.2, 0.25) is 5.95 Å². The van der Waals surface area contributed by atoms with Crippen LogP contribution in [-0.2, 0) is 0 Å². The van der Waals surface area contributed by atoms with Crippen LogP contribution in [0.2, 0.25) is 0 Å². The zero-order chi connectivity index (χ0) is 14.8. The zero-order valence-corrected chi connectivity index (χ0v) is 13.6. The normalized spacial score (nSPS) is 10.8. The van der Waals surface area contributed by atoms with Gasteiger partial charge < -0.3 is 10.6 Å². The summed E-state index contributed by atoms with van der Waals surface area (Å²) in [6.07, 6.45) is 0. The lowest BCUT2D eigenvalue weighted by Gasteiger charge is -2.10. The molecule has 0 saturated carbocycles. The molecular formula is C14H12BrFN4S. The summed E-state index contributed by atoms with van der Waals surface area (Å²) in [6, 6.07) is 6.73. The van der Waals surface area contributed by atoms with Gasteiger partial charge in [-0.1, -0.05) is 0 Å². The summed E-state index contributed by atoms with van der Waals surface area (Å²) >= 11 is 4.74. The van der Waals surface area contributed by atoms with Gasteiger partial charge in [-0.3, -0.25) is 0 Å². The standard InChI is InChI=1S/C14H12BrFN4S/c1-2-17-14-19-12(9-5-6-21-13(9)20-14)18-8-3-4-11(16)10(15)7-8/h3-7H,2H2,1H3,(H2,17,18,19,20). The van der Waals surface area contributed by atoms with Gasteiger partial charge in [-0.25, -0.2) is 9.37 Å². The Bertz CT molecular complexity index is 790. The number of nitrogens with zero attached hydrogens (tertiary/aromatic N) is 2. The average Bonchev–Trinajstić information content (AvgIpc) is 2.92. The lowest BCUT2D eigenvalue weighted by atomic mass is 10.3. The zero-order valence-electron chi connectivity index (χ0n) is 11.2. The fraction of sp³-hybridized carbons (Fsp3) is 0.143. The van der Waals surface area contributed by atoms with Crippen LogP contribution in [0.3, 0.4) is 0 Å². The molecule has 7 heteroatoms. The van der Waals surface area contributed by atoms with Crippen LogP contribution in [0.5, 0.6) is 0 Å². The Labute approximate surface area is 133 Å². The van der Waals surface area contributed by atoms with Gasteiger partial charge in [-0.2, -0.15) is 4.98 Å². The molecule has 3 rings (SSSR count). The summed E-state index contributed by atoms with van der Waals surface area (Å²) in [5.41, 5.74) is 0.761. The van der Waals surface area contributed by atoms with Crippen molar-refractivity contribution in [2.24, 2.45) is 0 Å². The van der Waals surface area contributed by atoms with Crippen molar-refractivity contribution in [1.82, 2.24) is 9.97 Å². The van der Waals surface area contributed by atoms with Crippen LogP contribution in [0.15, 0.2) is 34.1 Å². The van der Waals surface area contributed by atoms with Gasteiger partial charge in [0.25, 0.3) is 0 Å². The summed E-state index contributed by atoms with van der Waals surface area (Å²) < 4.78 is 13.7. The lowest BCUT2D eigenvalue weighted by Crippen LogP contribution is -2.04. The molecule has 0 unspecified atom stereocenters. The maximum Gasteiger partial charge on any atom is 0.226 e. The number of hydrogen-bond acceptors (Lipinski definition) is 5. The monoisotopic (exact) mass is 366 g/mol. The van der Waals surface area contributed by atoms with Crippen molar-refractivity contribution < 1.29 is 4.39 Å². The smallest absolute Gasteiger partial charge is 0.226 e. The maximum absolute atomic E-state index is 13.3. The number of benzene rings is 1. The topological polar surface area (TPSA) is 49.8 Å². The predicted octanol–water partition coefficient (Wildman–Crippen LogP) is 4.77. The molecule has 2 N–H and O–H groups in total. The molecule has 21 heavy (non-hydrogen) atoms. The highest BCUT2D eigenvalue weighted by molar-refractivity contribution is 9.10. The van der Waals surface area contributed by atoms with Gasteiger partial charge in [0.1, 0.15) is 16.5 Å². The Morgan fingerprint density at radius 1 is 1.29 bits per heavy atom. The lowest BCUT2D eigenvalue weighted by molar-refractivity contribution is 0.621. The number of aromatic nitrogens is 2. The van der Waals surface area contributed by atoms with Gasteiger partial charge in [0.15, 0.2) is 0 Å². The van der Waals surface area contributed by atoms with Crippen LogP contribution < -0.4 is 10.6 Å². The van der Waals surface area contributed by atoms with Gasteiger partial charge in [0.05, 0.1) is 9.86 Å². The summed E-state index contributed by atoms with van der Waals surface area (Å²) in [4.78, 5) is 9.83. The van der Waals surface area contributed by atoms with E-state index < -0.39 is 0 Å². The van der Waals surface area contributed by atoms with Gasteiger partial charge >= 0.3 is 0 Å². The van der Waals surface area contributed by atoms with Crippen molar-refractivity contribution in [2.75, 3.05) is 17.2 Å². The molecule has 2 aromatic heterocycles. The predicted molar refractivity (Wildman–Crippen MR) is 89.0 cm³/mol. The fourth-order valence-electron chi connectivity index (χ4n) is 1.90. The molecular weight excluding hydrogens is 355 g/mol. The molecule has 0 aliphatic rings. The number of halogens is 2.